The van der Waals surface area contributed by atoms with Crippen molar-refractivity contribution in [3.8, 4) is 0 Å². The zero-order valence-electron chi connectivity index (χ0n) is 10.0. The molecule has 9 heteroatoms. The Morgan fingerprint density at radius 1 is 0.714 bits per heavy atom. The third-order valence-electron chi connectivity index (χ3n) is 1.79. The van der Waals surface area contributed by atoms with Crippen LogP contribution in [0.15, 0.2) is 28.7 Å². The van der Waals surface area contributed by atoms with Crippen LogP contribution in [0.3, 0.4) is 0 Å². The summed E-state index contributed by atoms with van der Waals surface area (Å²) in [4.78, 5) is 0. The van der Waals surface area contributed by atoms with E-state index in [0.29, 0.717) is 0 Å². The molecule has 2 aromatic rings. The Bertz CT molecular complexity index is 551. The fourth-order valence-electron chi connectivity index (χ4n) is 0.953. The van der Waals surface area contributed by atoms with Gasteiger partial charge in [-0.15, -0.1) is 12.1 Å². The minimum absolute atomic E-state index is 0. The SMILES string of the molecule is Fc1c[c-]cc(F)c1F.Fc1cc(Br)cc(F)c1F.[Br-].[Mg+2]. The van der Waals surface area contributed by atoms with Crippen LogP contribution in [0, 0.1) is 41.0 Å². The van der Waals surface area contributed by atoms with Crippen LogP contribution < -0.4 is 17.0 Å². The van der Waals surface area contributed by atoms with Crippen molar-refractivity contribution in [1.29, 1.82) is 0 Å². The third-order valence-corrected chi connectivity index (χ3v) is 2.25. The standard InChI is InChI=1S/C6H2BrF3.C6H2F3.BrH.Mg/c7-3-1-4(8)6(10)5(9)2-3;7-4-2-1-3-5(8)6(4)9;;/h1-2H;2-3H;1H;/q;-1;;+2/p-1. The van der Waals surface area contributed by atoms with Gasteiger partial charge in [-0.1, -0.05) is 15.9 Å². The van der Waals surface area contributed by atoms with Gasteiger partial charge in [-0.05, 0) is 12.1 Å². The van der Waals surface area contributed by atoms with E-state index in [1.165, 1.54) is 0 Å². The van der Waals surface area contributed by atoms with Gasteiger partial charge in [0.15, 0.2) is 17.5 Å². The first-order chi connectivity index (χ1) is 8.82. The molecule has 0 aliphatic carbocycles. The molecule has 0 fully saturated rings. The summed E-state index contributed by atoms with van der Waals surface area (Å²) in [6.07, 6.45) is 0. The number of benzene rings is 2. The summed E-state index contributed by atoms with van der Waals surface area (Å²) in [6, 6.07) is 5.27. The zero-order chi connectivity index (χ0) is 14.6. The summed E-state index contributed by atoms with van der Waals surface area (Å²) in [6.45, 7) is 0. The van der Waals surface area contributed by atoms with Crippen molar-refractivity contribution in [2.75, 3.05) is 0 Å². The monoisotopic (exact) mass is 444 g/mol. The van der Waals surface area contributed by atoms with E-state index >= 15 is 0 Å². The molecule has 0 saturated carbocycles. The van der Waals surface area contributed by atoms with Crippen LogP contribution in [0.5, 0.6) is 0 Å². The second kappa shape index (κ2) is 10.5. The molecule has 0 aromatic heterocycles. The fraction of sp³-hybridized carbons (Fsp3) is 0. The molecule has 0 amide bonds. The predicted octanol–water partition coefficient (Wildman–Crippen LogP) is 1.39. The van der Waals surface area contributed by atoms with Gasteiger partial charge in [0.25, 0.3) is 0 Å². The van der Waals surface area contributed by atoms with E-state index in [1.54, 1.807) is 0 Å². The Morgan fingerprint density at radius 2 is 1.05 bits per heavy atom. The second-order valence-electron chi connectivity index (χ2n) is 3.15. The van der Waals surface area contributed by atoms with Crippen molar-refractivity contribution in [2.45, 2.75) is 0 Å². The largest absolute Gasteiger partial charge is 2.00 e. The molecule has 0 atom stereocenters. The smallest absolute Gasteiger partial charge is 1.00 e. The molecule has 0 unspecified atom stereocenters. The summed E-state index contributed by atoms with van der Waals surface area (Å²) in [5.41, 5.74) is 0. The molecule has 2 aromatic carbocycles. The first kappa shape index (κ1) is 23.0. The van der Waals surface area contributed by atoms with Gasteiger partial charge in [0.2, 0.25) is 0 Å². The molecule has 0 saturated heterocycles. The number of rotatable bonds is 0. The maximum absolute atomic E-state index is 12.2. The van der Waals surface area contributed by atoms with Gasteiger partial charge in [-0.3, -0.25) is 8.78 Å². The van der Waals surface area contributed by atoms with Crippen molar-refractivity contribution in [2.24, 2.45) is 0 Å². The van der Waals surface area contributed by atoms with Crippen molar-refractivity contribution >= 4 is 39.0 Å². The van der Waals surface area contributed by atoms with E-state index in [2.05, 4.69) is 22.0 Å². The summed E-state index contributed by atoms with van der Waals surface area (Å²) >= 11 is 2.80. The minimum Gasteiger partial charge on any atom is -1.00 e. The molecule has 0 spiro atoms. The Labute approximate surface area is 151 Å². The Morgan fingerprint density at radius 3 is 1.38 bits per heavy atom. The van der Waals surface area contributed by atoms with E-state index in [1.807, 2.05) is 0 Å². The molecule has 0 N–H and O–H groups in total. The third kappa shape index (κ3) is 7.03. The number of halogens is 8. The van der Waals surface area contributed by atoms with Crippen molar-refractivity contribution in [1.82, 2.24) is 0 Å². The molecule has 0 heterocycles. The summed E-state index contributed by atoms with van der Waals surface area (Å²) in [7, 11) is 0. The first-order valence-electron chi connectivity index (χ1n) is 4.63. The molecule has 21 heavy (non-hydrogen) atoms. The predicted molar refractivity (Wildman–Crippen MR) is 64.9 cm³/mol. The van der Waals surface area contributed by atoms with E-state index in [0.717, 1.165) is 24.3 Å². The zero-order valence-corrected chi connectivity index (χ0v) is 14.6. The fourth-order valence-corrected chi connectivity index (χ4v) is 1.36. The Kier molecular flexibility index (Phi) is 11.5. The van der Waals surface area contributed by atoms with Crippen molar-refractivity contribution in [3.05, 3.63) is 69.7 Å². The average Bonchev–Trinajstić information content (AvgIpc) is 2.33. The quantitative estimate of drug-likeness (QED) is 0.189. The van der Waals surface area contributed by atoms with E-state index in [-0.39, 0.29) is 44.5 Å². The molecular weight excluding hydrogens is 442 g/mol. The summed E-state index contributed by atoms with van der Waals surface area (Å²) in [5.74, 6) is -7.69. The van der Waals surface area contributed by atoms with Crippen LogP contribution in [0.2, 0.25) is 0 Å². The van der Waals surface area contributed by atoms with Gasteiger partial charge in [0.05, 0.1) is 5.82 Å². The van der Waals surface area contributed by atoms with Crippen molar-refractivity contribution in [3.63, 3.8) is 0 Å². The van der Waals surface area contributed by atoms with Crippen LogP contribution in [-0.2, 0) is 0 Å². The molecule has 0 nitrogen and oxygen atoms in total. The molecule has 110 valence electrons. The van der Waals surface area contributed by atoms with Crippen molar-refractivity contribution < 1.29 is 43.3 Å². The van der Waals surface area contributed by atoms with Gasteiger partial charge in [0.1, 0.15) is 0 Å². The van der Waals surface area contributed by atoms with Crippen LogP contribution in [0.25, 0.3) is 0 Å². The van der Waals surface area contributed by atoms with Gasteiger partial charge in [0, 0.05) is 16.1 Å². The topological polar surface area (TPSA) is 0 Å². The van der Waals surface area contributed by atoms with Gasteiger partial charge in [-0.25, -0.2) is 17.6 Å². The summed E-state index contributed by atoms with van der Waals surface area (Å²) < 4.78 is 72.5. The first-order valence-corrected chi connectivity index (χ1v) is 5.43. The Hall–Kier alpha value is -0.254. The second-order valence-corrected chi connectivity index (χ2v) is 4.06. The normalized spacial score (nSPS) is 8.90. The Balaban J connectivity index is 0. The molecular formula is C12H4Br2F6Mg. The number of hydrogen-bond donors (Lipinski definition) is 0. The van der Waals surface area contributed by atoms with E-state index in [9.17, 15) is 26.3 Å². The molecule has 0 bridgehead atoms. The minimum atomic E-state index is -1.45. The van der Waals surface area contributed by atoms with E-state index in [4.69, 9.17) is 0 Å². The van der Waals surface area contributed by atoms with Gasteiger partial charge < -0.3 is 17.0 Å². The van der Waals surface area contributed by atoms with Crippen LogP contribution in [0.4, 0.5) is 26.3 Å². The summed E-state index contributed by atoms with van der Waals surface area (Å²) in [5, 5.41) is 0. The van der Waals surface area contributed by atoms with E-state index < -0.39 is 34.9 Å². The maximum Gasteiger partial charge on any atom is 2.00 e. The molecule has 0 aliphatic rings. The molecule has 2 rings (SSSR count). The molecule has 0 aliphatic heterocycles. The average molecular weight is 446 g/mol. The maximum atomic E-state index is 12.2. The van der Waals surface area contributed by atoms with Crippen LogP contribution in [-0.4, -0.2) is 23.1 Å². The number of hydrogen-bond acceptors (Lipinski definition) is 0. The molecule has 0 radical (unpaired) electrons. The van der Waals surface area contributed by atoms with Crippen LogP contribution in [0.1, 0.15) is 0 Å². The van der Waals surface area contributed by atoms with Crippen LogP contribution >= 0.6 is 15.9 Å². The van der Waals surface area contributed by atoms with Gasteiger partial charge >= 0.3 is 23.1 Å². The van der Waals surface area contributed by atoms with Gasteiger partial charge in [-0.2, -0.15) is 6.07 Å².